The first kappa shape index (κ1) is 30.8. The maximum Gasteiger partial charge on any atom is 0.211 e. The molecule has 8 aromatic carbocycles. The zero-order chi connectivity index (χ0) is 35.0. The van der Waals surface area contributed by atoms with E-state index in [0.29, 0.717) is 0 Å². The van der Waals surface area contributed by atoms with Gasteiger partial charge in [0.15, 0.2) is 6.17 Å². The maximum absolute atomic E-state index is 5.40. The van der Waals surface area contributed by atoms with Crippen LogP contribution in [0.4, 0.5) is 0 Å². The van der Waals surface area contributed by atoms with Crippen LogP contribution in [0.3, 0.4) is 0 Å². The molecule has 2 aromatic heterocycles. The molecule has 250 valence electrons. The van der Waals surface area contributed by atoms with Gasteiger partial charge in [-0.2, -0.15) is 0 Å². The predicted octanol–water partition coefficient (Wildman–Crippen LogP) is 12.7. The van der Waals surface area contributed by atoms with Gasteiger partial charge in [-0.1, -0.05) is 133 Å². The number of nitrogens with zero attached hydrogens (tertiary/aromatic N) is 3. The number of hydrogen-bond donors (Lipinski definition) is 1. The zero-order valence-electron chi connectivity index (χ0n) is 28.3. The van der Waals surface area contributed by atoms with Crippen molar-refractivity contribution in [2.45, 2.75) is 6.17 Å². The summed E-state index contributed by atoms with van der Waals surface area (Å²) in [5.41, 5.74) is 6.81. The van der Waals surface area contributed by atoms with Crippen LogP contribution in [0.5, 0.6) is 0 Å². The molecule has 0 fully saturated rings. The highest BCUT2D eigenvalue weighted by molar-refractivity contribution is 14.1. The van der Waals surface area contributed by atoms with Crippen LogP contribution >= 0.6 is 33.9 Å². The molecule has 0 spiro atoms. The van der Waals surface area contributed by atoms with E-state index in [1.54, 1.807) is 0 Å². The van der Waals surface area contributed by atoms with Gasteiger partial charge in [0.25, 0.3) is 0 Å². The monoisotopic (exact) mass is 808 g/mol. The normalized spacial score (nSPS) is 14.7. The lowest BCUT2D eigenvalue weighted by Crippen LogP contribution is -2.39. The summed E-state index contributed by atoms with van der Waals surface area (Å²) in [5, 5.41) is 13.7. The van der Waals surface area contributed by atoms with E-state index >= 15 is 0 Å². The molecular formula is C47H29IN4S. The SMILES string of the molecule is Ic1c(-c2ccccc2)c2ccc3sc4ccc(C5N=C(c6ccccc6)NC(n6c7ccccc7c7ccccc76)=N5)cc4c3c2c2ccccc12. The Morgan fingerprint density at radius 3 is 1.83 bits per heavy atom. The third-order valence-corrected chi connectivity index (χ3v) is 12.8. The second kappa shape index (κ2) is 12.1. The smallest absolute Gasteiger partial charge is 0.211 e. The number of nitrogens with one attached hydrogen (secondary N) is 1. The second-order valence-corrected chi connectivity index (χ2v) is 15.6. The molecule has 0 bridgehead atoms. The standard InChI is InChI=1S/C47H29IN4S/c48-44-34-20-8-7-19-33(34)42-35(41(44)28-13-3-1-4-14-28)24-26-40-43(42)36-27-30(23-25-39(36)53-40)46-49-45(29-15-5-2-6-16-29)50-47(51-46)52-37-21-11-9-17-31(37)32-18-10-12-22-38(32)52/h1-27,46H,(H,49,50,51). The summed E-state index contributed by atoms with van der Waals surface area (Å²) < 4.78 is 6.07. The second-order valence-electron chi connectivity index (χ2n) is 13.5. The first-order valence-electron chi connectivity index (χ1n) is 17.7. The molecule has 1 atom stereocenters. The molecule has 11 rings (SSSR count). The lowest BCUT2D eigenvalue weighted by molar-refractivity contribution is 0.746. The van der Waals surface area contributed by atoms with Crippen LogP contribution in [0.2, 0.25) is 0 Å². The van der Waals surface area contributed by atoms with Crippen molar-refractivity contribution >= 4 is 109 Å². The Morgan fingerprint density at radius 1 is 0.509 bits per heavy atom. The van der Waals surface area contributed by atoms with E-state index in [-0.39, 0.29) is 0 Å². The van der Waals surface area contributed by atoms with E-state index in [0.717, 1.165) is 34.0 Å². The van der Waals surface area contributed by atoms with Gasteiger partial charge in [0, 0.05) is 45.6 Å². The van der Waals surface area contributed by atoms with Gasteiger partial charge in [-0.15, -0.1) is 11.3 Å². The fourth-order valence-corrected chi connectivity index (χ4v) is 10.3. The average molecular weight is 809 g/mol. The average Bonchev–Trinajstić information content (AvgIpc) is 3.77. The van der Waals surface area contributed by atoms with Crippen molar-refractivity contribution in [1.82, 2.24) is 9.88 Å². The van der Waals surface area contributed by atoms with E-state index in [2.05, 4.69) is 190 Å². The largest absolute Gasteiger partial charge is 0.310 e. The van der Waals surface area contributed by atoms with Crippen LogP contribution in [0, 0.1) is 3.57 Å². The third kappa shape index (κ3) is 4.79. The van der Waals surface area contributed by atoms with Crippen molar-refractivity contribution in [2.24, 2.45) is 9.98 Å². The number of fused-ring (bicyclic) bond motifs is 10. The maximum atomic E-state index is 5.40. The summed E-state index contributed by atoms with van der Waals surface area (Å²) in [7, 11) is 0. The Hall–Kier alpha value is -5.83. The minimum atomic E-state index is -0.451. The predicted molar refractivity (Wildman–Crippen MR) is 234 cm³/mol. The van der Waals surface area contributed by atoms with Crippen molar-refractivity contribution in [1.29, 1.82) is 0 Å². The zero-order valence-corrected chi connectivity index (χ0v) is 31.3. The molecule has 0 amide bonds. The van der Waals surface area contributed by atoms with Gasteiger partial charge in [0.2, 0.25) is 5.96 Å². The first-order chi connectivity index (χ1) is 26.2. The van der Waals surface area contributed by atoms with Crippen LogP contribution in [-0.4, -0.2) is 16.4 Å². The van der Waals surface area contributed by atoms with E-state index in [1.165, 1.54) is 67.2 Å². The highest BCUT2D eigenvalue weighted by atomic mass is 127. The molecule has 53 heavy (non-hydrogen) atoms. The summed E-state index contributed by atoms with van der Waals surface area (Å²) >= 11 is 4.41. The van der Waals surface area contributed by atoms with Crippen molar-refractivity contribution in [3.8, 4) is 11.1 Å². The Labute approximate surface area is 322 Å². The van der Waals surface area contributed by atoms with Crippen LogP contribution in [-0.2, 0) is 0 Å². The van der Waals surface area contributed by atoms with E-state index in [1.807, 2.05) is 17.4 Å². The molecule has 0 radical (unpaired) electrons. The van der Waals surface area contributed by atoms with Gasteiger partial charge in [-0.3, -0.25) is 4.57 Å². The summed E-state index contributed by atoms with van der Waals surface area (Å²) in [4.78, 5) is 10.7. The third-order valence-electron chi connectivity index (χ3n) is 10.5. The Morgan fingerprint density at radius 2 is 1.11 bits per heavy atom. The van der Waals surface area contributed by atoms with E-state index in [9.17, 15) is 0 Å². The van der Waals surface area contributed by atoms with Gasteiger partial charge < -0.3 is 5.32 Å². The number of rotatable bonds is 3. The summed E-state index contributed by atoms with van der Waals surface area (Å²) in [6.07, 6.45) is -0.451. The van der Waals surface area contributed by atoms with Crippen LogP contribution < -0.4 is 5.32 Å². The molecule has 0 saturated carbocycles. The van der Waals surface area contributed by atoms with Crippen molar-refractivity contribution in [3.63, 3.8) is 0 Å². The summed E-state index contributed by atoms with van der Waals surface area (Å²) in [6, 6.07) is 58.7. The molecule has 10 aromatic rings. The summed E-state index contributed by atoms with van der Waals surface area (Å²) in [5.74, 6) is 1.56. The van der Waals surface area contributed by atoms with Gasteiger partial charge in [0.1, 0.15) is 5.84 Å². The number of aromatic nitrogens is 1. The first-order valence-corrected chi connectivity index (χ1v) is 19.6. The van der Waals surface area contributed by atoms with E-state index < -0.39 is 6.17 Å². The van der Waals surface area contributed by atoms with Crippen LogP contribution in [0.25, 0.3) is 74.6 Å². The molecule has 0 aliphatic carbocycles. The number of halogens is 1. The van der Waals surface area contributed by atoms with Gasteiger partial charge in [-0.25, -0.2) is 9.98 Å². The minimum absolute atomic E-state index is 0.451. The molecule has 4 nitrogen and oxygen atoms in total. The van der Waals surface area contributed by atoms with Gasteiger partial charge >= 0.3 is 0 Å². The number of hydrogen-bond acceptors (Lipinski definition) is 4. The molecule has 1 unspecified atom stereocenters. The number of para-hydroxylation sites is 2. The lowest BCUT2D eigenvalue weighted by Gasteiger charge is -2.23. The number of thiophene rings is 1. The molecule has 0 saturated heterocycles. The number of benzene rings is 8. The molecule has 1 N–H and O–H groups in total. The number of aliphatic imine (C=N–C) groups is 2. The van der Waals surface area contributed by atoms with Gasteiger partial charge in [0.05, 0.1) is 11.0 Å². The molecule has 3 heterocycles. The fraction of sp³-hybridized carbons (Fsp3) is 0.0213. The van der Waals surface area contributed by atoms with Gasteiger partial charge in [-0.05, 0) is 85.6 Å². The lowest BCUT2D eigenvalue weighted by atomic mass is 9.91. The number of amidine groups is 1. The highest BCUT2D eigenvalue weighted by Crippen LogP contribution is 2.47. The van der Waals surface area contributed by atoms with Crippen molar-refractivity contribution in [2.75, 3.05) is 0 Å². The summed E-state index contributed by atoms with van der Waals surface area (Å²) in [6.45, 7) is 0. The van der Waals surface area contributed by atoms with Crippen LogP contribution in [0.15, 0.2) is 174 Å². The van der Waals surface area contributed by atoms with Crippen LogP contribution in [0.1, 0.15) is 17.3 Å². The fourth-order valence-electron chi connectivity index (χ4n) is 8.16. The Kier molecular flexibility index (Phi) is 7.03. The molecule has 1 aliphatic rings. The molecular weight excluding hydrogens is 780 g/mol. The topological polar surface area (TPSA) is 41.7 Å². The quantitative estimate of drug-likeness (QED) is 0.140. The molecule has 1 aliphatic heterocycles. The Balaban J connectivity index is 1.18. The minimum Gasteiger partial charge on any atom is -0.310 e. The van der Waals surface area contributed by atoms with Crippen molar-refractivity contribution < 1.29 is 0 Å². The highest BCUT2D eigenvalue weighted by Gasteiger charge is 2.25. The Bertz CT molecular complexity index is 3110. The molecule has 6 heteroatoms. The van der Waals surface area contributed by atoms with E-state index in [4.69, 9.17) is 9.98 Å². The van der Waals surface area contributed by atoms with Crippen molar-refractivity contribution in [3.05, 3.63) is 178 Å².